The van der Waals surface area contributed by atoms with Gasteiger partial charge in [0, 0.05) is 16.8 Å². The van der Waals surface area contributed by atoms with Crippen molar-refractivity contribution in [1.29, 1.82) is 5.41 Å². The Kier molecular flexibility index (Phi) is 2.43. The molecule has 0 fully saturated rings. The average Bonchev–Trinajstić information content (AvgIpc) is 2.09. The molecular weight excluding hydrogens is 172 g/mol. The van der Waals surface area contributed by atoms with Crippen molar-refractivity contribution in [3.63, 3.8) is 0 Å². The molecule has 1 N–H and O–H groups in total. The van der Waals surface area contributed by atoms with Gasteiger partial charge in [-0.1, -0.05) is 5.92 Å². The van der Waals surface area contributed by atoms with Crippen LogP contribution in [0.4, 0.5) is 8.78 Å². The lowest BCUT2D eigenvalue weighted by atomic mass is 10.1. The van der Waals surface area contributed by atoms with Crippen molar-refractivity contribution in [2.24, 2.45) is 0 Å². The molecule has 1 rings (SSSR count). The predicted molar refractivity (Wildman–Crippen MR) is 46.8 cm³/mol. The molecule has 0 saturated carbocycles. The molecule has 0 radical (unpaired) electrons. The van der Waals surface area contributed by atoms with Crippen LogP contribution in [-0.2, 0) is 0 Å². The first-order valence-corrected chi connectivity index (χ1v) is 3.57. The maximum atomic E-state index is 13.0. The number of benzene rings is 1. The fraction of sp³-hybridized carbons (Fsp3) is 0.100. The van der Waals surface area contributed by atoms with Crippen molar-refractivity contribution in [3.8, 4) is 12.3 Å². The Hall–Kier alpha value is -1.69. The van der Waals surface area contributed by atoms with Crippen LogP contribution >= 0.6 is 0 Å². The van der Waals surface area contributed by atoms with Crippen LogP contribution in [0.1, 0.15) is 18.1 Å². The first kappa shape index (κ1) is 9.40. The van der Waals surface area contributed by atoms with Crippen LogP contribution < -0.4 is 0 Å². The summed E-state index contributed by atoms with van der Waals surface area (Å²) in [6.45, 7) is 1.37. The molecule has 1 aromatic rings. The number of terminal acetylenes is 1. The van der Waals surface area contributed by atoms with E-state index >= 15 is 0 Å². The van der Waals surface area contributed by atoms with Crippen LogP contribution in [0.3, 0.4) is 0 Å². The van der Waals surface area contributed by atoms with Crippen LogP contribution in [-0.4, -0.2) is 5.71 Å². The molecule has 66 valence electrons. The third-order valence-electron chi connectivity index (χ3n) is 1.60. The zero-order valence-electron chi connectivity index (χ0n) is 6.99. The standard InChI is InChI=1S/C10H7F2N/c1-3-7-4-8(6(2)13)10(12)9(11)5-7/h1,4-5,13H,2H3. The quantitative estimate of drug-likeness (QED) is 0.505. The van der Waals surface area contributed by atoms with Gasteiger partial charge in [0.25, 0.3) is 0 Å². The minimum atomic E-state index is -1.02. The van der Waals surface area contributed by atoms with Crippen LogP contribution in [0.25, 0.3) is 0 Å². The number of nitrogens with one attached hydrogen (secondary N) is 1. The maximum absolute atomic E-state index is 13.0. The second-order valence-corrected chi connectivity index (χ2v) is 2.59. The van der Waals surface area contributed by atoms with E-state index in [0.717, 1.165) is 6.07 Å². The molecule has 0 spiro atoms. The van der Waals surface area contributed by atoms with Gasteiger partial charge in [-0.3, -0.25) is 0 Å². The van der Waals surface area contributed by atoms with Gasteiger partial charge in [0.1, 0.15) is 0 Å². The summed E-state index contributed by atoms with van der Waals surface area (Å²) in [5.41, 5.74) is 0.0990. The highest BCUT2D eigenvalue weighted by atomic mass is 19.2. The molecule has 0 atom stereocenters. The van der Waals surface area contributed by atoms with Crippen LogP contribution in [0.2, 0.25) is 0 Å². The summed E-state index contributed by atoms with van der Waals surface area (Å²) in [4.78, 5) is 0. The summed E-state index contributed by atoms with van der Waals surface area (Å²) in [5, 5.41) is 7.17. The van der Waals surface area contributed by atoms with Gasteiger partial charge in [-0.15, -0.1) is 6.42 Å². The molecule has 0 saturated heterocycles. The predicted octanol–water partition coefficient (Wildman–Crippen LogP) is 2.33. The van der Waals surface area contributed by atoms with Gasteiger partial charge in [-0.05, 0) is 19.1 Å². The summed E-state index contributed by atoms with van der Waals surface area (Å²) in [5.74, 6) is 0.149. The molecule has 0 heterocycles. The first-order chi connectivity index (χ1) is 6.06. The zero-order valence-corrected chi connectivity index (χ0v) is 6.99. The van der Waals surface area contributed by atoms with Gasteiger partial charge in [-0.2, -0.15) is 0 Å². The molecule has 0 aromatic heterocycles. The summed E-state index contributed by atoms with van der Waals surface area (Å²) < 4.78 is 25.8. The SMILES string of the molecule is C#Cc1cc(F)c(F)c(C(C)=N)c1. The van der Waals surface area contributed by atoms with Crippen molar-refractivity contribution in [2.75, 3.05) is 0 Å². The van der Waals surface area contributed by atoms with E-state index in [4.69, 9.17) is 11.8 Å². The van der Waals surface area contributed by atoms with Gasteiger partial charge in [0.05, 0.1) is 0 Å². The summed E-state index contributed by atoms with van der Waals surface area (Å²) in [7, 11) is 0. The minimum Gasteiger partial charge on any atom is -0.305 e. The van der Waals surface area contributed by atoms with E-state index in [1.807, 2.05) is 0 Å². The average molecular weight is 179 g/mol. The highest BCUT2D eigenvalue weighted by Gasteiger charge is 2.11. The van der Waals surface area contributed by atoms with Crippen molar-refractivity contribution in [1.82, 2.24) is 0 Å². The molecule has 1 nitrogen and oxygen atoms in total. The minimum absolute atomic E-state index is 0.0477. The lowest BCUT2D eigenvalue weighted by molar-refractivity contribution is 0.506. The lowest BCUT2D eigenvalue weighted by Crippen LogP contribution is -2.01. The van der Waals surface area contributed by atoms with E-state index in [0.29, 0.717) is 0 Å². The summed E-state index contributed by atoms with van der Waals surface area (Å²) in [6.07, 6.45) is 5.03. The molecule has 0 bridgehead atoms. The molecule has 3 heteroatoms. The molecule has 13 heavy (non-hydrogen) atoms. The zero-order chi connectivity index (χ0) is 10.0. The number of halogens is 2. The molecular formula is C10H7F2N. The summed E-state index contributed by atoms with van der Waals surface area (Å²) in [6, 6.07) is 2.21. The molecule has 0 aliphatic heterocycles. The second-order valence-electron chi connectivity index (χ2n) is 2.59. The lowest BCUT2D eigenvalue weighted by Gasteiger charge is -2.02. The largest absolute Gasteiger partial charge is 0.305 e. The van der Waals surface area contributed by atoms with Gasteiger partial charge >= 0.3 is 0 Å². The molecule has 1 aromatic carbocycles. The highest BCUT2D eigenvalue weighted by molar-refractivity contribution is 5.96. The van der Waals surface area contributed by atoms with E-state index in [-0.39, 0.29) is 16.8 Å². The Bertz CT molecular complexity index is 402. The number of rotatable bonds is 1. The second kappa shape index (κ2) is 3.36. The molecule has 0 aliphatic rings. The van der Waals surface area contributed by atoms with E-state index in [2.05, 4.69) is 5.92 Å². The van der Waals surface area contributed by atoms with E-state index in [1.54, 1.807) is 0 Å². The van der Waals surface area contributed by atoms with E-state index < -0.39 is 11.6 Å². The topological polar surface area (TPSA) is 23.9 Å². The fourth-order valence-electron chi connectivity index (χ4n) is 0.945. The van der Waals surface area contributed by atoms with Gasteiger partial charge in [0.2, 0.25) is 0 Å². The Morgan fingerprint density at radius 2 is 2.08 bits per heavy atom. The van der Waals surface area contributed by atoms with Crippen molar-refractivity contribution >= 4 is 5.71 Å². The third kappa shape index (κ3) is 1.73. The Labute approximate surface area is 74.9 Å². The van der Waals surface area contributed by atoms with Crippen molar-refractivity contribution < 1.29 is 8.78 Å². The van der Waals surface area contributed by atoms with Crippen LogP contribution in [0, 0.1) is 29.4 Å². The number of hydrogen-bond donors (Lipinski definition) is 1. The molecule has 0 aliphatic carbocycles. The van der Waals surface area contributed by atoms with Gasteiger partial charge in [0.15, 0.2) is 11.6 Å². The normalized spacial score (nSPS) is 9.38. The molecule has 0 unspecified atom stereocenters. The Morgan fingerprint density at radius 1 is 1.46 bits per heavy atom. The van der Waals surface area contributed by atoms with Gasteiger partial charge < -0.3 is 5.41 Å². The van der Waals surface area contributed by atoms with Crippen molar-refractivity contribution in [2.45, 2.75) is 6.92 Å². The first-order valence-electron chi connectivity index (χ1n) is 3.57. The van der Waals surface area contributed by atoms with Crippen LogP contribution in [0.15, 0.2) is 12.1 Å². The highest BCUT2D eigenvalue weighted by Crippen LogP contribution is 2.14. The fourth-order valence-corrected chi connectivity index (χ4v) is 0.945. The van der Waals surface area contributed by atoms with E-state index in [9.17, 15) is 8.78 Å². The summed E-state index contributed by atoms with van der Waals surface area (Å²) >= 11 is 0. The number of hydrogen-bond acceptors (Lipinski definition) is 1. The maximum Gasteiger partial charge on any atom is 0.167 e. The van der Waals surface area contributed by atoms with Gasteiger partial charge in [-0.25, -0.2) is 8.78 Å². The van der Waals surface area contributed by atoms with E-state index in [1.165, 1.54) is 13.0 Å². The Balaban J connectivity index is 3.44. The van der Waals surface area contributed by atoms with Crippen LogP contribution in [0.5, 0.6) is 0 Å². The monoisotopic (exact) mass is 179 g/mol. The third-order valence-corrected chi connectivity index (χ3v) is 1.60. The molecule has 0 amide bonds. The smallest absolute Gasteiger partial charge is 0.167 e. The van der Waals surface area contributed by atoms with Crippen molar-refractivity contribution in [3.05, 3.63) is 34.9 Å². The Morgan fingerprint density at radius 3 is 2.54 bits per heavy atom.